The van der Waals surface area contributed by atoms with Crippen LogP contribution in [-0.2, 0) is 9.47 Å². The van der Waals surface area contributed by atoms with Crippen LogP contribution in [-0.4, -0.2) is 87.5 Å². The number of rotatable bonds is 8. The minimum atomic E-state index is 0. The maximum atomic E-state index is 5.85. The summed E-state index contributed by atoms with van der Waals surface area (Å²) in [6, 6.07) is 0.664. The zero-order valence-electron chi connectivity index (χ0n) is 16.8. The fourth-order valence-corrected chi connectivity index (χ4v) is 3.97. The number of likely N-dealkylation sites (tertiary alicyclic amines) is 1. The van der Waals surface area contributed by atoms with Crippen LogP contribution in [0.25, 0.3) is 0 Å². The highest BCUT2D eigenvalue weighted by Crippen LogP contribution is 2.18. The van der Waals surface area contributed by atoms with Gasteiger partial charge in [0.1, 0.15) is 0 Å². The van der Waals surface area contributed by atoms with E-state index < -0.39 is 0 Å². The van der Waals surface area contributed by atoms with Crippen LogP contribution in [0.1, 0.15) is 32.6 Å². The molecule has 3 aliphatic rings. The Labute approximate surface area is 181 Å². The fourth-order valence-electron chi connectivity index (χ4n) is 3.97. The molecule has 1 unspecified atom stereocenters. The first-order valence-corrected chi connectivity index (χ1v) is 10.4. The average Bonchev–Trinajstić information content (AvgIpc) is 3.36. The lowest BCUT2D eigenvalue weighted by molar-refractivity contribution is 0.0205. The Morgan fingerprint density at radius 1 is 1.22 bits per heavy atom. The molecule has 3 heterocycles. The van der Waals surface area contributed by atoms with E-state index in [0.717, 1.165) is 90.9 Å². The molecule has 156 valence electrons. The number of nitrogens with one attached hydrogen (secondary N) is 1. The molecule has 0 amide bonds. The zero-order chi connectivity index (χ0) is 18.0. The van der Waals surface area contributed by atoms with Gasteiger partial charge in [-0.3, -0.25) is 9.89 Å². The van der Waals surface area contributed by atoms with E-state index in [9.17, 15) is 0 Å². The Balaban J connectivity index is 0.00000261. The topological polar surface area (TPSA) is 49.3 Å². The minimum absolute atomic E-state index is 0. The van der Waals surface area contributed by atoms with Crippen LogP contribution in [0, 0.1) is 5.92 Å². The summed E-state index contributed by atoms with van der Waals surface area (Å²) in [5.74, 6) is 1.76. The van der Waals surface area contributed by atoms with Gasteiger partial charge in [0.25, 0.3) is 0 Å². The summed E-state index contributed by atoms with van der Waals surface area (Å²) in [4.78, 5) is 9.83. The van der Waals surface area contributed by atoms with E-state index in [0.29, 0.717) is 12.0 Å². The second kappa shape index (κ2) is 13.0. The number of aliphatic imine (C=N–C) groups is 1. The number of ether oxygens (including phenoxy) is 2. The van der Waals surface area contributed by atoms with E-state index >= 15 is 0 Å². The molecule has 0 aromatic heterocycles. The molecular weight excluding hydrogens is 455 g/mol. The summed E-state index contributed by atoms with van der Waals surface area (Å²) >= 11 is 0. The summed E-state index contributed by atoms with van der Waals surface area (Å²) < 4.78 is 11.2. The average molecular weight is 492 g/mol. The molecule has 27 heavy (non-hydrogen) atoms. The quantitative estimate of drug-likeness (QED) is 0.185. The van der Waals surface area contributed by atoms with Crippen molar-refractivity contribution in [3.63, 3.8) is 0 Å². The summed E-state index contributed by atoms with van der Waals surface area (Å²) in [5.41, 5.74) is 0. The molecular formula is C20H37IN4O2. The maximum absolute atomic E-state index is 5.85. The van der Waals surface area contributed by atoms with Crippen molar-refractivity contribution in [2.45, 2.75) is 38.6 Å². The molecule has 0 bridgehead atoms. The van der Waals surface area contributed by atoms with Crippen molar-refractivity contribution in [3.05, 3.63) is 12.2 Å². The number of hydrogen-bond donors (Lipinski definition) is 1. The molecule has 0 aromatic carbocycles. The van der Waals surface area contributed by atoms with Gasteiger partial charge in [-0.25, -0.2) is 0 Å². The Morgan fingerprint density at radius 2 is 2.00 bits per heavy atom. The summed E-state index contributed by atoms with van der Waals surface area (Å²) in [7, 11) is 0. The van der Waals surface area contributed by atoms with Crippen molar-refractivity contribution in [1.29, 1.82) is 0 Å². The highest BCUT2D eigenvalue weighted by atomic mass is 127. The second-order valence-electron chi connectivity index (χ2n) is 7.53. The molecule has 2 fully saturated rings. The molecule has 0 radical (unpaired) electrons. The first kappa shape index (κ1) is 22.9. The van der Waals surface area contributed by atoms with Crippen molar-refractivity contribution in [3.8, 4) is 0 Å². The van der Waals surface area contributed by atoms with E-state index in [1.807, 2.05) is 0 Å². The van der Waals surface area contributed by atoms with Crippen LogP contribution in [0.4, 0.5) is 0 Å². The third-order valence-electron chi connectivity index (χ3n) is 5.56. The fraction of sp³-hybridized carbons (Fsp3) is 0.850. The Bertz CT molecular complexity index is 461. The first-order chi connectivity index (χ1) is 12.9. The molecule has 0 aliphatic carbocycles. The number of nitrogens with zero attached hydrogens (tertiary/aromatic N) is 3. The monoisotopic (exact) mass is 492 g/mol. The van der Waals surface area contributed by atoms with Gasteiger partial charge in [0.05, 0.1) is 0 Å². The van der Waals surface area contributed by atoms with Gasteiger partial charge >= 0.3 is 0 Å². The molecule has 0 spiro atoms. The van der Waals surface area contributed by atoms with E-state index in [1.165, 1.54) is 6.42 Å². The van der Waals surface area contributed by atoms with E-state index in [-0.39, 0.29) is 24.0 Å². The van der Waals surface area contributed by atoms with Crippen molar-refractivity contribution in [1.82, 2.24) is 15.1 Å². The van der Waals surface area contributed by atoms with Gasteiger partial charge in [-0.15, -0.1) is 24.0 Å². The summed E-state index contributed by atoms with van der Waals surface area (Å²) in [6.07, 6.45) is 9.08. The van der Waals surface area contributed by atoms with Crippen LogP contribution in [0.15, 0.2) is 17.1 Å². The van der Waals surface area contributed by atoms with E-state index in [2.05, 4.69) is 34.2 Å². The zero-order valence-corrected chi connectivity index (χ0v) is 19.1. The predicted octanol–water partition coefficient (Wildman–Crippen LogP) is 2.35. The molecule has 2 saturated heterocycles. The summed E-state index contributed by atoms with van der Waals surface area (Å²) in [6.45, 7) is 11.8. The van der Waals surface area contributed by atoms with Crippen LogP contribution < -0.4 is 5.32 Å². The van der Waals surface area contributed by atoms with Crippen molar-refractivity contribution in [2.75, 3.05) is 65.7 Å². The number of hydrogen-bond acceptors (Lipinski definition) is 4. The Kier molecular flexibility index (Phi) is 11.0. The van der Waals surface area contributed by atoms with Crippen LogP contribution in [0.5, 0.6) is 0 Å². The predicted molar refractivity (Wildman–Crippen MR) is 121 cm³/mol. The van der Waals surface area contributed by atoms with Crippen LogP contribution in [0.2, 0.25) is 0 Å². The van der Waals surface area contributed by atoms with Gasteiger partial charge in [-0.05, 0) is 38.5 Å². The third-order valence-corrected chi connectivity index (χ3v) is 5.56. The first-order valence-electron chi connectivity index (χ1n) is 10.4. The Hall–Kier alpha value is -0.380. The van der Waals surface area contributed by atoms with Crippen LogP contribution in [0.3, 0.4) is 0 Å². The van der Waals surface area contributed by atoms with Crippen molar-refractivity contribution >= 4 is 29.9 Å². The normalized spacial score (nSPS) is 24.4. The molecule has 0 saturated carbocycles. The SMILES string of the molecule is CCNC(=NCCCOCC1CCOCC1)N1CCC(N2CC=CC2)C1.I. The van der Waals surface area contributed by atoms with Gasteiger partial charge < -0.3 is 19.7 Å². The number of guanidine groups is 1. The lowest BCUT2D eigenvalue weighted by Crippen LogP contribution is -2.42. The van der Waals surface area contributed by atoms with Gasteiger partial charge in [0, 0.05) is 71.7 Å². The molecule has 3 aliphatic heterocycles. The van der Waals surface area contributed by atoms with Crippen LogP contribution >= 0.6 is 24.0 Å². The molecule has 3 rings (SSSR count). The van der Waals surface area contributed by atoms with Gasteiger partial charge in [0.15, 0.2) is 5.96 Å². The molecule has 1 N–H and O–H groups in total. The highest BCUT2D eigenvalue weighted by Gasteiger charge is 2.29. The lowest BCUT2D eigenvalue weighted by atomic mass is 10.0. The van der Waals surface area contributed by atoms with E-state index in [4.69, 9.17) is 14.5 Å². The maximum Gasteiger partial charge on any atom is 0.193 e. The lowest BCUT2D eigenvalue weighted by Gasteiger charge is -2.25. The standard InChI is InChI=1S/C20H36N4O2.HI/c1-2-21-20(24-12-6-19(16-24)23-10-3-4-11-23)22-9-5-13-26-17-18-7-14-25-15-8-18;/h3-4,18-19H,2,5-17H2,1H3,(H,21,22);1H. The Morgan fingerprint density at radius 3 is 2.74 bits per heavy atom. The third kappa shape index (κ3) is 7.51. The van der Waals surface area contributed by atoms with Gasteiger partial charge in [-0.1, -0.05) is 12.2 Å². The second-order valence-corrected chi connectivity index (χ2v) is 7.53. The highest BCUT2D eigenvalue weighted by molar-refractivity contribution is 14.0. The molecule has 6 nitrogen and oxygen atoms in total. The molecule has 1 atom stereocenters. The van der Waals surface area contributed by atoms with E-state index in [1.54, 1.807) is 0 Å². The molecule has 7 heteroatoms. The van der Waals surface area contributed by atoms with Crippen molar-refractivity contribution in [2.24, 2.45) is 10.9 Å². The summed E-state index contributed by atoms with van der Waals surface area (Å²) in [5, 5.41) is 3.47. The van der Waals surface area contributed by atoms with Gasteiger partial charge in [-0.2, -0.15) is 0 Å². The molecule has 0 aromatic rings. The van der Waals surface area contributed by atoms with Gasteiger partial charge in [0.2, 0.25) is 0 Å². The minimum Gasteiger partial charge on any atom is -0.381 e. The largest absolute Gasteiger partial charge is 0.381 e. The number of halogens is 1. The smallest absolute Gasteiger partial charge is 0.193 e. The van der Waals surface area contributed by atoms with Crippen molar-refractivity contribution < 1.29 is 9.47 Å².